The second-order valence-electron chi connectivity index (χ2n) is 7.07. The molecule has 0 unspecified atom stereocenters. The van der Waals surface area contributed by atoms with E-state index in [9.17, 15) is 0 Å². The molecule has 2 nitrogen and oxygen atoms in total. The summed E-state index contributed by atoms with van der Waals surface area (Å²) in [5.41, 5.74) is 1.05. The van der Waals surface area contributed by atoms with Crippen LogP contribution in [-0.4, -0.2) is 11.2 Å². The van der Waals surface area contributed by atoms with Crippen molar-refractivity contribution in [2.45, 2.75) is 38.1 Å². The highest BCUT2D eigenvalue weighted by molar-refractivity contribution is 9.10. The molecule has 4 fully saturated rings. The van der Waals surface area contributed by atoms with Crippen molar-refractivity contribution in [3.8, 4) is 0 Å². The van der Waals surface area contributed by atoms with Gasteiger partial charge in [-0.2, -0.15) is 0 Å². The Bertz CT molecular complexity index is 531. The van der Waals surface area contributed by atoms with E-state index in [2.05, 4.69) is 38.7 Å². The van der Waals surface area contributed by atoms with Gasteiger partial charge in [-0.05, 0) is 86.2 Å². The molecule has 4 saturated carbocycles. The van der Waals surface area contributed by atoms with Crippen LogP contribution >= 0.6 is 28.1 Å². The molecule has 4 bridgehead atoms. The first kappa shape index (κ1) is 14.0. The minimum atomic E-state index is 0.602. The highest BCUT2D eigenvalue weighted by Gasteiger charge is 2.48. The molecule has 4 aliphatic rings. The average molecular weight is 365 g/mol. The lowest BCUT2D eigenvalue weighted by atomic mass is 9.54. The molecule has 21 heavy (non-hydrogen) atoms. The van der Waals surface area contributed by atoms with E-state index in [1.807, 2.05) is 12.1 Å². The zero-order valence-electron chi connectivity index (χ0n) is 12.0. The van der Waals surface area contributed by atoms with Crippen molar-refractivity contribution >= 4 is 38.9 Å². The number of hydrogen-bond acceptors (Lipinski definition) is 1. The van der Waals surface area contributed by atoms with Gasteiger partial charge in [-0.1, -0.05) is 22.0 Å². The van der Waals surface area contributed by atoms with E-state index in [4.69, 9.17) is 12.2 Å². The van der Waals surface area contributed by atoms with Gasteiger partial charge in [0, 0.05) is 16.2 Å². The number of rotatable bonds is 2. The summed E-state index contributed by atoms with van der Waals surface area (Å²) < 4.78 is 1.07. The predicted molar refractivity (Wildman–Crippen MR) is 94.3 cm³/mol. The Morgan fingerprint density at radius 2 is 1.71 bits per heavy atom. The Balaban J connectivity index is 1.41. The van der Waals surface area contributed by atoms with Gasteiger partial charge in [0.2, 0.25) is 0 Å². The predicted octanol–water partition coefficient (Wildman–Crippen LogP) is 4.56. The smallest absolute Gasteiger partial charge is 0.171 e. The first-order valence-electron chi connectivity index (χ1n) is 8.00. The molecule has 0 saturated heterocycles. The van der Waals surface area contributed by atoms with Crippen molar-refractivity contribution in [3.63, 3.8) is 0 Å². The van der Waals surface area contributed by atoms with Crippen molar-refractivity contribution in [1.82, 2.24) is 5.32 Å². The Labute approximate surface area is 140 Å². The summed E-state index contributed by atoms with van der Waals surface area (Å²) in [6.45, 7) is 0. The molecule has 1 aromatic rings. The lowest BCUT2D eigenvalue weighted by Crippen LogP contribution is -2.56. The van der Waals surface area contributed by atoms with E-state index >= 15 is 0 Å². The van der Waals surface area contributed by atoms with E-state index in [0.717, 1.165) is 38.9 Å². The third-order valence-corrected chi connectivity index (χ3v) is 6.32. The standard InChI is InChI=1S/C17H21BrN2S/c18-14-2-1-3-15(9-14)19-17(21)20-16-12-5-10-4-11(7-12)8-13(16)6-10/h1-3,9-13,16H,4-8H2,(H2,19,20,21). The molecule has 0 radical (unpaired) electrons. The van der Waals surface area contributed by atoms with Crippen LogP contribution in [0.2, 0.25) is 0 Å². The number of thiocarbonyl (C=S) groups is 1. The molecule has 0 spiro atoms. The fraction of sp³-hybridized carbons (Fsp3) is 0.588. The summed E-state index contributed by atoms with van der Waals surface area (Å²) in [6, 6.07) is 8.77. The molecule has 0 amide bonds. The van der Waals surface area contributed by atoms with Crippen molar-refractivity contribution in [3.05, 3.63) is 28.7 Å². The highest BCUT2D eigenvalue weighted by Crippen LogP contribution is 2.53. The first-order chi connectivity index (χ1) is 10.2. The van der Waals surface area contributed by atoms with E-state index in [-0.39, 0.29) is 0 Å². The maximum atomic E-state index is 5.54. The molecule has 5 rings (SSSR count). The normalized spacial score (nSPS) is 36.5. The molecule has 0 aliphatic heterocycles. The Hall–Kier alpha value is -0.610. The first-order valence-corrected chi connectivity index (χ1v) is 9.20. The summed E-state index contributed by atoms with van der Waals surface area (Å²) >= 11 is 9.04. The molecule has 112 valence electrons. The van der Waals surface area contributed by atoms with Crippen molar-refractivity contribution < 1.29 is 0 Å². The van der Waals surface area contributed by atoms with Gasteiger partial charge >= 0.3 is 0 Å². The maximum Gasteiger partial charge on any atom is 0.171 e. The monoisotopic (exact) mass is 364 g/mol. The summed E-state index contributed by atoms with van der Waals surface area (Å²) in [4.78, 5) is 0. The van der Waals surface area contributed by atoms with Gasteiger partial charge in [-0.15, -0.1) is 0 Å². The zero-order chi connectivity index (χ0) is 14.4. The van der Waals surface area contributed by atoms with Crippen LogP contribution in [0, 0.1) is 23.7 Å². The van der Waals surface area contributed by atoms with Gasteiger partial charge in [-0.3, -0.25) is 0 Å². The minimum absolute atomic E-state index is 0.602. The number of benzene rings is 1. The molecule has 0 heterocycles. The number of halogens is 1. The SMILES string of the molecule is S=C(Nc1cccc(Br)c1)NC1C2CC3CC(C2)CC1C3. The fourth-order valence-corrected chi connectivity index (χ4v) is 5.70. The topological polar surface area (TPSA) is 24.1 Å². The zero-order valence-corrected chi connectivity index (χ0v) is 14.4. The van der Waals surface area contributed by atoms with Crippen LogP contribution in [0.25, 0.3) is 0 Å². The van der Waals surface area contributed by atoms with Crippen LogP contribution in [-0.2, 0) is 0 Å². The Kier molecular flexibility index (Phi) is 3.70. The lowest BCUT2D eigenvalue weighted by molar-refractivity contribution is -0.00665. The molecular formula is C17H21BrN2S. The van der Waals surface area contributed by atoms with Crippen molar-refractivity contribution in [2.75, 3.05) is 5.32 Å². The van der Waals surface area contributed by atoms with Gasteiger partial charge in [0.15, 0.2) is 5.11 Å². The fourth-order valence-electron chi connectivity index (χ4n) is 5.05. The molecule has 2 N–H and O–H groups in total. The van der Waals surface area contributed by atoms with Crippen LogP contribution in [0.4, 0.5) is 5.69 Å². The van der Waals surface area contributed by atoms with Gasteiger partial charge in [0.1, 0.15) is 0 Å². The maximum absolute atomic E-state index is 5.54. The number of anilines is 1. The van der Waals surface area contributed by atoms with Crippen LogP contribution in [0.15, 0.2) is 28.7 Å². The number of nitrogens with one attached hydrogen (secondary N) is 2. The largest absolute Gasteiger partial charge is 0.359 e. The second kappa shape index (κ2) is 5.54. The van der Waals surface area contributed by atoms with Crippen LogP contribution in [0.5, 0.6) is 0 Å². The summed E-state index contributed by atoms with van der Waals surface area (Å²) in [7, 11) is 0. The van der Waals surface area contributed by atoms with Gasteiger partial charge < -0.3 is 10.6 Å². The molecule has 0 atom stereocenters. The van der Waals surface area contributed by atoms with E-state index in [0.29, 0.717) is 6.04 Å². The van der Waals surface area contributed by atoms with E-state index in [1.165, 1.54) is 32.1 Å². The lowest BCUT2D eigenvalue weighted by Gasteiger charge is -2.54. The average Bonchev–Trinajstić information content (AvgIpc) is 2.42. The van der Waals surface area contributed by atoms with Crippen LogP contribution < -0.4 is 10.6 Å². The van der Waals surface area contributed by atoms with Crippen LogP contribution in [0.3, 0.4) is 0 Å². The van der Waals surface area contributed by atoms with E-state index in [1.54, 1.807) is 0 Å². The van der Waals surface area contributed by atoms with Gasteiger partial charge in [0.05, 0.1) is 0 Å². The Morgan fingerprint density at radius 1 is 1.05 bits per heavy atom. The van der Waals surface area contributed by atoms with Gasteiger partial charge in [0.25, 0.3) is 0 Å². The second-order valence-corrected chi connectivity index (χ2v) is 8.39. The van der Waals surface area contributed by atoms with Crippen LogP contribution in [0.1, 0.15) is 32.1 Å². The van der Waals surface area contributed by atoms with Gasteiger partial charge in [-0.25, -0.2) is 0 Å². The summed E-state index contributed by atoms with van der Waals surface area (Å²) in [6.07, 6.45) is 7.18. The molecule has 0 aromatic heterocycles. The van der Waals surface area contributed by atoms with E-state index < -0.39 is 0 Å². The minimum Gasteiger partial charge on any atom is -0.359 e. The Morgan fingerprint density at radius 3 is 2.33 bits per heavy atom. The molecule has 4 heteroatoms. The number of hydrogen-bond donors (Lipinski definition) is 2. The molecule has 4 aliphatic carbocycles. The quantitative estimate of drug-likeness (QED) is 0.752. The van der Waals surface area contributed by atoms with Crippen molar-refractivity contribution in [2.24, 2.45) is 23.7 Å². The third kappa shape index (κ3) is 2.85. The molecular weight excluding hydrogens is 344 g/mol. The third-order valence-electron chi connectivity index (χ3n) is 5.61. The highest BCUT2D eigenvalue weighted by atomic mass is 79.9. The summed E-state index contributed by atoms with van der Waals surface area (Å²) in [5.74, 6) is 3.72. The van der Waals surface area contributed by atoms with Crippen molar-refractivity contribution in [1.29, 1.82) is 0 Å². The summed E-state index contributed by atoms with van der Waals surface area (Å²) in [5, 5.41) is 7.75. The molecule has 1 aromatic carbocycles.